The summed E-state index contributed by atoms with van der Waals surface area (Å²) < 4.78 is 5.39. The summed E-state index contributed by atoms with van der Waals surface area (Å²) in [5, 5.41) is 10.9. The first kappa shape index (κ1) is 18.2. The number of hydrogen-bond donors (Lipinski definition) is 2. The highest BCUT2D eigenvalue weighted by molar-refractivity contribution is 7.09. The number of amidine groups is 1. The van der Waals surface area contributed by atoms with Gasteiger partial charge in [0.25, 0.3) is 0 Å². The van der Waals surface area contributed by atoms with Crippen LogP contribution in [0, 0.1) is 5.41 Å². The molecule has 4 nitrogen and oxygen atoms in total. The van der Waals surface area contributed by atoms with E-state index in [4.69, 9.17) is 20.9 Å². The Bertz CT molecular complexity index is 747. The number of hydrogen-bond acceptors (Lipinski definition) is 4. The number of aryl methyl sites for hydroxylation is 1. The van der Waals surface area contributed by atoms with E-state index < -0.39 is 0 Å². The van der Waals surface area contributed by atoms with E-state index >= 15 is 0 Å². The second-order valence-corrected chi connectivity index (χ2v) is 7.28. The summed E-state index contributed by atoms with van der Waals surface area (Å²) >= 11 is 1.72. The molecule has 0 atom stereocenters. The Balaban J connectivity index is 2.18. The van der Waals surface area contributed by atoms with E-state index in [0.29, 0.717) is 5.56 Å². The molecule has 3 N–H and O–H groups in total. The number of ether oxygens (including phenoxy) is 1. The molecule has 0 amide bonds. The zero-order valence-corrected chi connectivity index (χ0v) is 15.5. The number of rotatable bonds is 7. The fourth-order valence-electron chi connectivity index (χ4n) is 2.40. The van der Waals surface area contributed by atoms with Crippen molar-refractivity contribution in [1.82, 2.24) is 4.98 Å². The molecule has 2 rings (SSSR count). The smallest absolute Gasteiger partial charge is 0.126 e. The van der Waals surface area contributed by atoms with Crippen molar-refractivity contribution in [3.05, 3.63) is 51.5 Å². The molecule has 24 heavy (non-hydrogen) atoms. The highest BCUT2D eigenvalue weighted by atomic mass is 32.1. The van der Waals surface area contributed by atoms with E-state index in [1.165, 1.54) is 5.01 Å². The molecule has 0 aliphatic heterocycles. The van der Waals surface area contributed by atoms with Gasteiger partial charge < -0.3 is 10.5 Å². The first-order chi connectivity index (χ1) is 11.4. The van der Waals surface area contributed by atoms with Crippen LogP contribution in [0.1, 0.15) is 49.0 Å². The quantitative estimate of drug-likeness (QED) is 0.579. The van der Waals surface area contributed by atoms with E-state index in [1.54, 1.807) is 24.5 Å². The maximum Gasteiger partial charge on any atom is 0.126 e. The molecule has 1 aromatic heterocycles. The fraction of sp³-hybridized carbons (Fsp3) is 0.368. The van der Waals surface area contributed by atoms with E-state index in [1.807, 2.05) is 18.2 Å². The maximum atomic E-state index is 7.57. The van der Waals surface area contributed by atoms with Crippen LogP contribution in [0.15, 0.2) is 29.7 Å². The number of allylic oxidation sites excluding steroid dienone is 1. The first-order valence-corrected chi connectivity index (χ1v) is 8.89. The Morgan fingerprint density at radius 2 is 2.17 bits per heavy atom. The lowest BCUT2D eigenvalue weighted by molar-refractivity contribution is 0.414. The normalized spacial score (nSPS) is 11.8. The Morgan fingerprint density at radius 1 is 1.42 bits per heavy atom. The minimum absolute atomic E-state index is 0.0220. The third kappa shape index (κ3) is 4.23. The third-order valence-corrected chi connectivity index (χ3v) is 5.01. The first-order valence-electron chi connectivity index (χ1n) is 8.01. The SMILES string of the molecule is CCc1nc(C(C)(C)C/C=C/c2cc(C(=N)N)ccc2OC)cs1. The summed E-state index contributed by atoms with van der Waals surface area (Å²) in [4.78, 5) is 4.71. The molecule has 0 spiro atoms. The fourth-order valence-corrected chi connectivity index (χ4v) is 3.34. The molecule has 0 aliphatic carbocycles. The highest BCUT2D eigenvalue weighted by Gasteiger charge is 2.22. The molecular formula is C19H25N3OS. The van der Waals surface area contributed by atoms with E-state index in [9.17, 15) is 0 Å². The third-order valence-electron chi connectivity index (χ3n) is 4.01. The summed E-state index contributed by atoms with van der Waals surface area (Å²) in [5.41, 5.74) is 8.31. The van der Waals surface area contributed by atoms with Gasteiger partial charge in [-0.2, -0.15) is 0 Å². The van der Waals surface area contributed by atoms with Gasteiger partial charge in [-0.15, -0.1) is 11.3 Å². The van der Waals surface area contributed by atoms with Gasteiger partial charge in [0.05, 0.1) is 17.8 Å². The lowest BCUT2D eigenvalue weighted by Crippen LogP contribution is -2.16. The second kappa shape index (κ2) is 7.62. The monoisotopic (exact) mass is 343 g/mol. The van der Waals surface area contributed by atoms with Crippen LogP contribution in [0.2, 0.25) is 0 Å². The summed E-state index contributed by atoms with van der Waals surface area (Å²) in [5.74, 6) is 0.832. The standard InChI is InChI=1S/C19H25N3OS/c1-5-17-22-16(12-24-17)19(2,3)10-6-7-13-11-14(18(20)21)8-9-15(13)23-4/h6-9,11-12H,5,10H2,1-4H3,(H3,20,21)/b7-6+. The average Bonchev–Trinajstić information content (AvgIpc) is 3.04. The largest absolute Gasteiger partial charge is 0.496 e. The van der Waals surface area contributed by atoms with Gasteiger partial charge in [-0.25, -0.2) is 4.98 Å². The molecule has 128 valence electrons. The van der Waals surface area contributed by atoms with Crippen LogP contribution in [-0.4, -0.2) is 17.9 Å². The van der Waals surface area contributed by atoms with Crippen molar-refractivity contribution >= 4 is 23.2 Å². The number of nitrogens with one attached hydrogen (secondary N) is 1. The number of aromatic nitrogens is 1. The van der Waals surface area contributed by atoms with Crippen molar-refractivity contribution in [3.63, 3.8) is 0 Å². The van der Waals surface area contributed by atoms with Crippen LogP contribution >= 0.6 is 11.3 Å². The zero-order valence-electron chi connectivity index (χ0n) is 14.7. The van der Waals surface area contributed by atoms with E-state index in [2.05, 4.69) is 32.2 Å². The molecule has 5 heteroatoms. The summed E-state index contributed by atoms with van der Waals surface area (Å²) in [7, 11) is 1.64. The van der Waals surface area contributed by atoms with Crippen LogP contribution in [0.5, 0.6) is 5.75 Å². The summed E-state index contributed by atoms with van der Waals surface area (Å²) in [6, 6.07) is 5.52. The number of nitrogen functional groups attached to an aromatic ring is 1. The number of thiazole rings is 1. The van der Waals surface area contributed by atoms with Crippen molar-refractivity contribution in [2.45, 2.75) is 39.0 Å². The van der Waals surface area contributed by atoms with Gasteiger partial charge in [0.15, 0.2) is 0 Å². The lowest BCUT2D eigenvalue weighted by Gasteiger charge is -2.20. The van der Waals surface area contributed by atoms with Gasteiger partial charge >= 0.3 is 0 Å². The number of methoxy groups -OCH3 is 1. The van der Waals surface area contributed by atoms with Gasteiger partial charge in [-0.05, 0) is 31.0 Å². The van der Waals surface area contributed by atoms with Gasteiger partial charge in [0.1, 0.15) is 11.6 Å². The van der Waals surface area contributed by atoms with Gasteiger partial charge in [0, 0.05) is 21.9 Å². The maximum absolute atomic E-state index is 7.57. The average molecular weight is 343 g/mol. The van der Waals surface area contributed by atoms with E-state index in [-0.39, 0.29) is 11.3 Å². The van der Waals surface area contributed by atoms with Gasteiger partial charge in [0.2, 0.25) is 0 Å². The van der Waals surface area contributed by atoms with Crippen LogP contribution in [0.4, 0.5) is 0 Å². The molecule has 0 saturated carbocycles. The van der Waals surface area contributed by atoms with Crippen molar-refractivity contribution in [2.24, 2.45) is 5.73 Å². The Labute approximate surface area is 147 Å². The Morgan fingerprint density at radius 3 is 2.75 bits per heavy atom. The number of nitrogens with two attached hydrogens (primary N) is 1. The minimum atomic E-state index is -0.0220. The van der Waals surface area contributed by atoms with Crippen molar-refractivity contribution in [1.29, 1.82) is 5.41 Å². The summed E-state index contributed by atoms with van der Waals surface area (Å²) in [6.07, 6.45) is 6.01. The predicted molar refractivity (Wildman–Crippen MR) is 102 cm³/mol. The number of nitrogens with zero attached hydrogens (tertiary/aromatic N) is 1. The second-order valence-electron chi connectivity index (χ2n) is 6.34. The van der Waals surface area contributed by atoms with E-state index in [0.717, 1.165) is 29.8 Å². The molecule has 0 bridgehead atoms. The van der Waals surface area contributed by atoms with Gasteiger partial charge in [-0.3, -0.25) is 5.41 Å². The molecule has 0 fully saturated rings. The molecular weight excluding hydrogens is 318 g/mol. The molecule has 0 saturated heterocycles. The highest BCUT2D eigenvalue weighted by Crippen LogP contribution is 2.30. The van der Waals surface area contributed by atoms with Crippen LogP contribution in [0.25, 0.3) is 6.08 Å². The molecule has 1 heterocycles. The molecule has 0 unspecified atom stereocenters. The van der Waals surface area contributed by atoms with Crippen LogP contribution in [0.3, 0.4) is 0 Å². The lowest BCUT2D eigenvalue weighted by atomic mass is 9.86. The zero-order chi connectivity index (χ0) is 17.7. The summed E-state index contributed by atoms with van der Waals surface area (Å²) in [6.45, 7) is 6.54. The molecule has 0 aliphatic rings. The predicted octanol–water partition coefficient (Wildman–Crippen LogP) is 4.38. The van der Waals surface area contributed by atoms with Crippen molar-refractivity contribution in [3.8, 4) is 5.75 Å². The van der Waals surface area contributed by atoms with Crippen molar-refractivity contribution in [2.75, 3.05) is 7.11 Å². The molecule has 0 radical (unpaired) electrons. The van der Waals surface area contributed by atoms with Crippen LogP contribution in [-0.2, 0) is 11.8 Å². The minimum Gasteiger partial charge on any atom is -0.496 e. The Kier molecular flexibility index (Phi) is 5.78. The number of benzene rings is 1. The molecule has 2 aromatic rings. The van der Waals surface area contributed by atoms with Gasteiger partial charge in [-0.1, -0.05) is 32.9 Å². The van der Waals surface area contributed by atoms with Crippen molar-refractivity contribution < 1.29 is 4.74 Å². The topological polar surface area (TPSA) is 72.0 Å². The Hall–Kier alpha value is -2.14. The van der Waals surface area contributed by atoms with Crippen LogP contribution < -0.4 is 10.5 Å². The molecule has 1 aromatic carbocycles.